The van der Waals surface area contributed by atoms with Crippen molar-refractivity contribution in [2.45, 2.75) is 55.2 Å². The first-order valence-corrected chi connectivity index (χ1v) is 17.7. The molecule has 4 aromatic carbocycles. The van der Waals surface area contributed by atoms with Crippen molar-refractivity contribution in [1.82, 2.24) is 15.7 Å². The molecule has 3 amide bonds. The second kappa shape index (κ2) is 17.0. The van der Waals surface area contributed by atoms with Crippen LogP contribution in [0.1, 0.15) is 47.8 Å². The highest BCUT2D eigenvalue weighted by atomic mass is 32.2. The maximum Gasteiger partial charge on any atom is 0.408 e. The summed E-state index contributed by atoms with van der Waals surface area (Å²) < 4.78 is 12.4. The molecule has 0 saturated heterocycles. The Morgan fingerprint density at radius 2 is 1.77 bits per heavy atom. The van der Waals surface area contributed by atoms with Crippen molar-refractivity contribution in [3.8, 4) is 0 Å². The highest BCUT2D eigenvalue weighted by molar-refractivity contribution is 8.01. The van der Waals surface area contributed by atoms with Crippen molar-refractivity contribution in [3.05, 3.63) is 123 Å². The van der Waals surface area contributed by atoms with Gasteiger partial charge in [0.05, 0.1) is 39.5 Å². The zero-order chi connectivity index (χ0) is 37.3. The summed E-state index contributed by atoms with van der Waals surface area (Å²) in [4.78, 5) is 54.8. The van der Waals surface area contributed by atoms with E-state index in [-0.39, 0.29) is 24.8 Å². The molecule has 0 bridgehead atoms. The minimum absolute atomic E-state index is 0.165. The van der Waals surface area contributed by atoms with Crippen molar-refractivity contribution in [3.63, 3.8) is 0 Å². The fourth-order valence-corrected chi connectivity index (χ4v) is 6.89. The lowest BCUT2D eigenvalue weighted by molar-refractivity contribution is -0.387. The van der Waals surface area contributed by atoms with Crippen LogP contribution in [0.5, 0.6) is 0 Å². The number of carbonyl (C=O) groups is 3. The molecule has 3 N–H and O–H groups in total. The molecule has 0 unspecified atom stereocenters. The molecule has 1 heterocycles. The van der Waals surface area contributed by atoms with Crippen LogP contribution in [0.25, 0.3) is 10.2 Å². The number of rotatable bonds is 13. The topological polar surface area (TPSA) is 174 Å². The summed E-state index contributed by atoms with van der Waals surface area (Å²) in [6.07, 6.45) is 0.459. The number of anilines is 1. The number of aryl methyl sites for hydroxylation is 1. The van der Waals surface area contributed by atoms with Gasteiger partial charge in [-0.1, -0.05) is 66.4 Å². The number of alkyl carbamates (subject to hydrolysis) is 1. The molecule has 1 atom stereocenters. The fraction of sp³-hybridized carbons (Fsp3) is 0.216. The molecule has 0 aliphatic heterocycles. The molecule has 268 valence electrons. The zero-order valence-electron chi connectivity index (χ0n) is 28.7. The van der Waals surface area contributed by atoms with Crippen LogP contribution in [0, 0.1) is 17.0 Å². The molecule has 0 fully saturated rings. The molecule has 0 aliphatic rings. The van der Waals surface area contributed by atoms with Gasteiger partial charge in [0.1, 0.15) is 11.6 Å². The van der Waals surface area contributed by atoms with Crippen LogP contribution in [0.3, 0.4) is 0 Å². The molecule has 15 heteroatoms. The van der Waals surface area contributed by atoms with E-state index in [2.05, 4.69) is 26.1 Å². The van der Waals surface area contributed by atoms with E-state index in [9.17, 15) is 24.5 Å². The molecule has 52 heavy (non-hydrogen) atoms. The SMILES string of the molecule is Cc1ccccc1C(=O)Nc1ccc2nc(Sc3ccc(/C=N\NC(=O)[C@H](COCc4ccccc4)NC(=O)OC(C)(C)C)cc3[N+](=O)[O-])sc2c1. The fourth-order valence-electron chi connectivity index (χ4n) is 4.74. The maximum absolute atomic E-state index is 13.0. The Kier molecular flexibility index (Phi) is 12.3. The zero-order valence-corrected chi connectivity index (χ0v) is 30.4. The number of aromatic nitrogens is 1. The number of ether oxygens (including phenoxy) is 2. The second-order valence-corrected chi connectivity index (χ2v) is 14.8. The summed E-state index contributed by atoms with van der Waals surface area (Å²) in [5.74, 6) is -0.897. The summed E-state index contributed by atoms with van der Waals surface area (Å²) in [5, 5.41) is 21.4. The minimum atomic E-state index is -1.14. The summed E-state index contributed by atoms with van der Waals surface area (Å²) >= 11 is 2.48. The predicted octanol–water partition coefficient (Wildman–Crippen LogP) is 7.48. The average Bonchev–Trinajstić information content (AvgIpc) is 3.49. The lowest BCUT2D eigenvalue weighted by Gasteiger charge is -2.22. The Bertz CT molecular complexity index is 2110. The number of hydrogen-bond donors (Lipinski definition) is 3. The number of nitro groups is 1. The largest absolute Gasteiger partial charge is 0.444 e. The van der Waals surface area contributed by atoms with Gasteiger partial charge in [0.2, 0.25) is 0 Å². The Morgan fingerprint density at radius 3 is 2.50 bits per heavy atom. The highest BCUT2D eigenvalue weighted by Gasteiger charge is 2.25. The van der Waals surface area contributed by atoms with Gasteiger partial charge in [-0.05, 0) is 69.2 Å². The molecule has 0 aliphatic carbocycles. The number of carbonyl (C=O) groups excluding carboxylic acids is 3. The van der Waals surface area contributed by atoms with Crippen LogP contribution in [0.2, 0.25) is 0 Å². The Labute approximate surface area is 308 Å². The standard InChI is InChI=1S/C37H36N6O7S2/c1-23-10-8-9-13-27(23)33(44)39-26-15-16-28-32(19-26)52-36(41-28)51-31-17-14-25(18-30(31)43(47)48)20-38-42-34(45)29(40-35(46)50-37(2,3)4)22-49-21-24-11-6-5-7-12-24/h5-20,29H,21-22H2,1-4H3,(H,39,44)(H,40,46)(H,42,45)/b38-20-/t29-/m0/s1. The minimum Gasteiger partial charge on any atom is -0.444 e. The Hall–Kier alpha value is -5.64. The van der Waals surface area contributed by atoms with Gasteiger partial charge in [0, 0.05) is 22.9 Å². The predicted molar refractivity (Wildman–Crippen MR) is 201 cm³/mol. The van der Waals surface area contributed by atoms with Crippen molar-refractivity contribution >= 4 is 68.8 Å². The number of hydrogen-bond acceptors (Lipinski definition) is 11. The third-order valence-corrected chi connectivity index (χ3v) is 9.33. The third kappa shape index (κ3) is 10.7. The highest BCUT2D eigenvalue weighted by Crippen LogP contribution is 2.39. The Balaban J connectivity index is 1.24. The van der Waals surface area contributed by atoms with Crippen molar-refractivity contribution < 1.29 is 28.8 Å². The summed E-state index contributed by atoms with van der Waals surface area (Å²) in [6.45, 7) is 7.02. The third-order valence-electron chi connectivity index (χ3n) is 7.19. The van der Waals surface area contributed by atoms with Crippen LogP contribution in [0.15, 0.2) is 105 Å². The summed E-state index contributed by atoms with van der Waals surface area (Å²) in [6, 6.07) is 25.4. The number of benzene rings is 4. The number of amides is 3. The lowest BCUT2D eigenvalue weighted by Crippen LogP contribution is -2.49. The van der Waals surface area contributed by atoms with Crippen LogP contribution < -0.4 is 16.1 Å². The number of hydrazone groups is 1. The first-order valence-electron chi connectivity index (χ1n) is 16.0. The van der Waals surface area contributed by atoms with Crippen LogP contribution in [0.4, 0.5) is 16.2 Å². The van der Waals surface area contributed by atoms with E-state index in [1.807, 2.05) is 61.5 Å². The monoisotopic (exact) mass is 740 g/mol. The summed E-state index contributed by atoms with van der Waals surface area (Å²) in [5.41, 5.74) is 5.38. The van der Waals surface area contributed by atoms with E-state index in [1.54, 1.807) is 51.1 Å². The molecule has 5 aromatic rings. The quantitative estimate of drug-likeness (QED) is 0.0628. The second-order valence-electron chi connectivity index (χ2n) is 12.5. The van der Waals surface area contributed by atoms with Gasteiger partial charge in [-0.3, -0.25) is 19.7 Å². The van der Waals surface area contributed by atoms with E-state index in [0.29, 0.717) is 31.6 Å². The number of nitrogens with one attached hydrogen (secondary N) is 3. The smallest absolute Gasteiger partial charge is 0.408 e. The molecular formula is C37H36N6O7S2. The summed E-state index contributed by atoms with van der Waals surface area (Å²) in [7, 11) is 0. The normalized spacial score (nSPS) is 12.0. The molecule has 0 spiro atoms. The molecular weight excluding hydrogens is 705 g/mol. The van der Waals surface area contributed by atoms with E-state index < -0.39 is 28.6 Å². The maximum atomic E-state index is 13.0. The molecule has 0 saturated carbocycles. The van der Waals surface area contributed by atoms with Gasteiger partial charge in [-0.2, -0.15) is 5.10 Å². The first-order chi connectivity index (χ1) is 24.8. The number of fused-ring (bicyclic) bond motifs is 1. The van der Waals surface area contributed by atoms with E-state index >= 15 is 0 Å². The molecule has 5 rings (SSSR count). The average molecular weight is 741 g/mol. The van der Waals surface area contributed by atoms with Gasteiger partial charge in [0.25, 0.3) is 17.5 Å². The number of thiazole rings is 1. The first kappa shape index (κ1) is 37.6. The number of nitro benzene ring substituents is 1. The van der Waals surface area contributed by atoms with Crippen LogP contribution in [-0.4, -0.2) is 52.3 Å². The van der Waals surface area contributed by atoms with Gasteiger partial charge in [-0.25, -0.2) is 15.2 Å². The van der Waals surface area contributed by atoms with Crippen molar-refractivity contribution in [2.24, 2.45) is 5.10 Å². The van der Waals surface area contributed by atoms with Gasteiger partial charge >= 0.3 is 6.09 Å². The van der Waals surface area contributed by atoms with Crippen LogP contribution in [-0.2, 0) is 20.9 Å². The van der Waals surface area contributed by atoms with Gasteiger partial charge in [-0.15, -0.1) is 11.3 Å². The van der Waals surface area contributed by atoms with Gasteiger partial charge < -0.3 is 20.1 Å². The van der Waals surface area contributed by atoms with Gasteiger partial charge in [0.15, 0.2) is 4.34 Å². The number of nitrogens with zero attached hydrogens (tertiary/aromatic N) is 3. The van der Waals surface area contributed by atoms with Crippen molar-refractivity contribution in [1.29, 1.82) is 0 Å². The van der Waals surface area contributed by atoms with E-state index in [0.717, 1.165) is 27.6 Å². The van der Waals surface area contributed by atoms with E-state index in [1.165, 1.54) is 23.6 Å². The van der Waals surface area contributed by atoms with Crippen LogP contribution >= 0.6 is 23.1 Å². The molecule has 13 nitrogen and oxygen atoms in total. The Morgan fingerprint density at radius 1 is 1.02 bits per heavy atom. The molecule has 0 radical (unpaired) electrons. The lowest BCUT2D eigenvalue weighted by atomic mass is 10.1. The van der Waals surface area contributed by atoms with Crippen molar-refractivity contribution in [2.75, 3.05) is 11.9 Å². The van der Waals surface area contributed by atoms with E-state index in [4.69, 9.17) is 9.47 Å². The molecule has 1 aromatic heterocycles.